The van der Waals surface area contributed by atoms with Crippen LogP contribution in [0.1, 0.15) is 52.9 Å². The van der Waals surface area contributed by atoms with E-state index in [1.165, 1.54) is 20.8 Å². The fourth-order valence-corrected chi connectivity index (χ4v) is 5.75. The zero-order valence-electron chi connectivity index (χ0n) is 21.9. The van der Waals surface area contributed by atoms with Gasteiger partial charge < -0.3 is 15.5 Å². The van der Waals surface area contributed by atoms with Crippen LogP contribution in [-0.4, -0.2) is 83.0 Å². The topological polar surface area (TPSA) is 128 Å². The van der Waals surface area contributed by atoms with Crippen LogP contribution in [0.4, 0.5) is 17.6 Å². The number of hydrazine groups is 1. The monoisotopic (exact) mass is 583 g/mol. The lowest BCUT2D eigenvalue weighted by Crippen LogP contribution is -2.62. The van der Waals surface area contributed by atoms with Crippen molar-refractivity contribution in [2.75, 3.05) is 19.6 Å². The summed E-state index contributed by atoms with van der Waals surface area (Å²) in [4.78, 5) is 64.8. The molecule has 1 saturated carbocycles. The number of likely N-dealkylation sites (tertiary alicyclic amines) is 1. The first kappa shape index (κ1) is 30.9. The van der Waals surface area contributed by atoms with E-state index in [0.29, 0.717) is 37.2 Å². The molecule has 6 atom stereocenters. The molecule has 2 heterocycles. The number of hydrogen-bond donors (Lipinski definition) is 3. The zero-order chi connectivity index (χ0) is 29.3. The van der Waals surface area contributed by atoms with E-state index >= 15 is 0 Å². The van der Waals surface area contributed by atoms with Gasteiger partial charge in [0.1, 0.15) is 12.1 Å². The van der Waals surface area contributed by atoms with Crippen LogP contribution in [0.25, 0.3) is 0 Å². The molecule has 2 saturated heterocycles. The fourth-order valence-electron chi connectivity index (χ4n) is 5.63. The molecule has 15 heteroatoms. The van der Waals surface area contributed by atoms with Gasteiger partial charge in [0.2, 0.25) is 11.8 Å². The number of hydrogen-bond acceptors (Lipinski definition) is 5. The Bertz CT molecular complexity index is 989. The van der Waals surface area contributed by atoms with Crippen molar-refractivity contribution in [1.29, 1.82) is 0 Å². The molecule has 3 rings (SSSR count). The highest BCUT2D eigenvalue weighted by molar-refractivity contribution is 6.29. The number of fused-ring (bicyclic) bond motifs is 1. The minimum Gasteiger partial charge on any atom is -0.356 e. The highest BCUT2D eigenvalue weighted by Crippen LogP contribution is 2.43. The first-order valence-corrected chi connectivity index (χ1v) is 13.3. The molecule has 3 N–H and O–H groups in total. The van der Waals surface area contributed by atoms with Gasteiger partial charge in [0.25, 0.3) is 17.4 Å². The third-order valence-electron chi connectivity index (χ3n) is 7.59. The Morgan fingerprint density at radius 2 is 1.79 bits per heavy atom. The summed E-state index contributed by atoms with van der Waals surface area (Å²) in [6.45, 7) is 4.60. The third kappa shape index (κ3) is 7.12. The molecule has 2 aliphatic heterocycles. The summed E-state index contributed by atoms with van der Waals surface area (Å²) in [5.41, 5.74) is -1.33. The maximum atomic E-state index is 13.8. The number of carbonyl (C=O) groups excluding carboxylic acids is 5. The summed E-state index contributed by atoms with van der Waals surface area (Å²) < 4.78 is 52.9. The van der Waals surface area contributed by atoms with Crippen molar-refractivity contribution >= 4 is 41.1 Å². The van der Waals surface area contributed by atoms with E-state index in [0.717, 1.165) is 11.3 Å². The number of rotatable bonds is 6. The lowest BCUT2D eigenvalue weighted by atomic mass is 9.85. The van der Waals surface area contributed by atoms with Gasteiger partial charge in [0.05, 0.1) is 12.5 Å². The van der Waals surface area contributed by atoms with E-state index in [-0.39, 0.29) is 30.8 Å². The first-order chi connectivity index (χ1) is 18.0. The Morgan fingerprint density at radius 3 is 2.36 bits per heavy atom. The molecule has 0 bridgehead atoms. The molecule has 0 radical (unpaired) electrons. The number of nitrogens with one attached hydrogen (secondary N) is 3. The number of carbonyl (C=O) groups is 5. The van der Waals surface area contributed by atoms with Gasteiger partial charge in [0, 0.05) is 13.1 Å². The smallest absolute Gasteiger partial charge is 0.356 e. The Morgan fingerprint density at radius 1 is 1.13 bits per heavy atom. The molecule has 10 nitrogen and oxygen atoms in total. The van der Waals surface area contributed by atoms with Crippen LogP contribution in [0.5, 0.6) is 0 Å². The lowest BCUT2D eigenvalue weighted by Gasteiger charge is -2.37. The minimum absolute atomic E-state index is 0.0657. The van der Waals surface area contributed by atoms with E-state index in [2.05, 4.69) is 10.7 Å². The molecule has 0 spiro atoms. The molecule has 220 valence electrons. The van der Waals surface area contributed by atoms with Crippen molar-refractivity contribution < 1.29 is 41.5 Å². The van der Waals surface area contributed by atoms with Crippen LogP contribution in [0.15, 0.2) is 0 Å². The van der Waals surface area contributed by atoms with Gasteiger partial charge in [-0.05, 0) is 42.9 Å². The number of alkyl halides is 5. The van der Waals surface area contributed by atoms with Gasteiger partial charge in [-0.25, -0.2) is 9.40 Å². The number of piperidine rings is 1. The largest absolute Gasteiger partial charge is 0.471 e. The SMILES string of the molecule is CC(C)(C)[C@H](NC(=O)C(F)(F)F)C(=O)N1C[C@@H]2CCC[C@@H]2[C@H]1C(=O)NN(C[C@H]1CCCNC1=O)C(=O)[C@H](F)Cl. The van der Waals surface area contributed by atoms with E-state index in [1.54, 1.807) is 5.32 Å². The molecular formula is C24H34ClF4N5O5. The molecule has 0 aromatic heterocycles. The van der Waals surface area contributed by atoms with Crippen molar-refractivity contribution in [3.63, 3.8) is 0 Å². The quantitative estimate of drug-likeness (QED) is 0.249. The van der Waals surface area contributed by atoms with Crippen molar-refractivity contribution in [2.24, 2.45) is 23.2 Å². The van der Waals surface area contributed by atoms with Crippen LogP contribution in [-0.2, 0) is 24.0 Å². The van der Waals surface area contributed by atoms with E-state index < -0.39 is 58.9 Å². The summed E-state index contributed by atoms with van der Waals surface area (Å²) in [6.07, 6.45) is -2.25. The van der Waals surface area contributed by atoms with Gasteiger partial charge in [-0.3, -0.25) is 29.4 Å². The summed E-state index contributed by atoms with van der Waals surface area (Å²) in [7, 11) is 0. The van der Waals surface area contributed by atoms with Gasteiger partial charge in [0.15, 0.2) is 0 Å². The molecular weight excluding hydrogens is 550 g/mol. The van der Waals surface area contributed by atoms with E-state index in [4.69, 9.17) is 11.6 Å². The van der Waals surface area contributed by atoms with Gasteiger partial charge in [-0.1, -0.05) is 38.8 Å². The molecule has 5 amide bonds. The highest BCUT2D eigenvalue weighted by Gasteiger charge is 2.53. The van der Waals surface area contributed by atoms with E-state index in [9.17, 15) is 41.5 Å². The fraction of sp³-hybridized carbons (Fsp3) is 0.792. The second kappa shape index (κ2) is 11.8. The third-order valence-corrected chi connectivity index (χ3v) is 7.77. The first-order valence-electron chi connectivity index (χ1n) is 12.9. The van der Waals surface area contributed by atoms with Crippen LogP contribution < -0.4 is 16.1 Å². The summed E-state index contributed by atoms with van der Waals surface area (Å²) in [5.74, 6) is -6.91. The van der Waals surface area contributed by atoms with Crippen LogP contribution >= 0.6 is 11.6 Å². The molecule has 39 heavy (non-hydrogen) atoms. The average molecular weight is 584 g/mol. The molecule has 3 fully saturated rings. The van der Waals surface area contributed by atoms with Crippen LogP contribution in [0, 0.1) is 23.2 Å². The molecule has 1 aliphatic carbocycles. The van der Waals surface area contributed by atoms with Gasteiger partial charge in [-0.15, -0.1) is 0 Å². The number of amides is 5. The zero-order valence-corrected chi connectivity index (χ0v) is 22.7. The second-order valence-electron chi connectivity index (χ2n) is 11.4. The lowest BCUT2D eigenvalue weighted by molar-refractivity contribution is -0.176. The molecule has 0 unspecified atom stereocenters. The predicted octanol–water partition coefficient (Wildman–Crippen LogP) is 1.63. The Hall–Kier alpha value is -2.64. The number of nitrogens with zero attached hydrogens (tertiary/aromatic N) is 2. The minimum atomic E-state index is -5.22. The normalized spacial score (nSPS) is 26.8. The Kier molecular flexibility index (Phi) is 9.39. The summed E-state index contributed by atoms with van der Waals surface area (Å²) >= 11 is 5.36. The van der Waals surface area contributed by atoms with E-state index in [1.807, 2.05) is 0 Å². The molecule has 0 aromatic carbocycles. The van der Waals surface area contributed by atoms with Crippen LogP contribution in [0.2, 0.25) is 0 Å². The average Bonchev–Trinajstić information content (AvgIpc) is 3.42. The maximum absolute atomic E-state index is 13.8. The Balaban J connectivity index is 1.87. The standard InChI is InChI=1S/C24H34ClF4N5O5/c1-23(2,3)16(31-22(39)24(27,28)29)20(37)33-10-12-6-4-8-14(12)15(33)19(36)32-34(21(38)17(25)26)11-13-7-5-9-30-18(13)35/h12-17H,4-11H2,1-3H3,(H,30,35)(H,31,39)(H,32,36)/t12-,13+,14-,15-,16+,17-/m0/s1. The van der Waals surface area contributed by atoms with Crippen molar-refractivity contribution in [3.8, 4) is 0 Å². The van der Waals surface area contributed by atoms with Crippen molar-refractivity contribution in [1.82, 2.24) is 26.0 Å². The van der Waals surface area contributed by atoms with Crippen LogP contribution in [0.3, 0.4) is 0 Å². The predicted molar refractivity (Wildman–Crippen MR) is 130 cm³/mol. The highest BCUT2D eigenvalue weighted by atomic mass is 35.5. The number of halogens is 5. The molecule has 3 aliphatic rings. The van der Waals surface area contributed by atoms with Crippen molar-refractivity contribution in [2.45, 2.75) is 76.8 Å². The molecule has 0 aromatic rings. The van der Waals surface area contributed by atoms with Crippen molar-refractivity contribution in [3.05, 3.63) is 0 Å². The second-order valence-corrected chi connectivity index (χ2v) is 11.8. The van der Waals surface area contributed by atoms with Gasteiger partial charge >= 0.3 is 12.1 Å². The van der Waals surface area contributed by atoms with Gasteiger partial charge in [-0.2, -0.15) is 13.2 Å². The Labute approximate surface area is 228 Å². The maximum Gasteiger partial charge on any atom is 0.471 e. The summed E-state index contributed by atoms with van der Waals surface area (Å²) in [6, 6.07) is -2.80. The summed E-state index contributed by atoms with van der Waals surface area (Å²) in [5, 5.41) is 5.04.